The van der Waals surface area contributed by atoms with E-state index in [1.807, 2.05) is 20.2 Å². The molecule has 0 saturated carbocycles. The first-order valence-corrected chi connectivity index (χ1v) is 6.19. The van der Waals surface area contributed by atoms with Gasteiger partial charge in [-0.1, -0.05) is 22.9 Å². The Kier molecular flexibility index (Phi) is 4.42. The molecule has 0 saturated heterocycles. The average Bonchev–Trinajstić information content (AvgIpc) is 2.26. The van der Waals surface area contributed by atoms with E-state index in [0.29, 0.717) is 0 Å². The van der Waals surface area contributed by atoms with Crippen molar-refractivity contribution in [1.29, 1.82) is 0 Å². The van der Waals surface area contributed by atoms with Crippen LogP contribution >= 0.6 is 15.9 Å². The van der Waals surface area contributed by atoms with E-state index in [1.54, 1.807) is 0 Å². The van der Waals surface area contributed by atoms with Gasteiger partial charge < -0.3 is 10.6 Å². The highest BCUT2D eigenvalue weighted by Gasteiger charge is 2.09. The summed E-state index contributed by atoms with van der Waals surface area (Å²) < 4.78 is 1.07. The van der Waals surface area contributed by atoms with Gasteiger partial charge in [0.1, 0.15) is 0 Å². The molecule has 0 bridgehead atoms. The standard InChI is InChI=1S/C13H19BrN2/c1-5-9(2)13(15)11-7-6-10(14)8-12(11)16(3)4/h6-8H,5,15H2,1-4H3/b13-9-. The molecule has 0 amide bonds. The maximum Gasteiger partial charge on any atom is 0.0466 e. The molecule has 1 rings (SSSR count). The van der Waals surface area contributed by atoms with Crippen molar-refractivity contribution < 1.29 is 0 Å². The zero-order valence-electron chi connectivity index (χ0n) is 10.3. The maximum atomic E-state index is 6.18. The fourth-order valence-corrected chi connectivity index (χ4v) is 1.87. The van der Waals surface area contributed by atoms with E-state index < -0.39 is 0 Å². The number of hydrogen-bond donors (Lipinski definition) is 1. The molecule has 0 heterocycles. The summed E-state index contributed by atoms with van der Waals surface area (Å²) in [6.07, 6.45) is 0.981. The fourth-order valence-electron chi connectivity index (χ4n) is 1.52. The molecule has 0 aliphatic carbocycles. The van der Waals surface area contributed by atoms with Crippen LogP contribution < -0.4 is 10.6 Å². The zero-order valence-corrected chi connectivity index (χ0v) is 11.9. The number of hydrogen-bond acceptors (Lipinski definition) is 2. The first-order chi connectivity index (χ1) is 7.47. The van der Waals surface area contributed by atoms with E-state index in [-0.39, 0.29) is 0 Å². The topological polar surface area (TPSA) is 29.3 Å². The van der Waals surface area contributed by atoms with Crippen LogP contribution in [0.1, 0.15) is 25.8 Å². The molecule has 88 valence electrons. The minimum atomic E-state index is 0.888. The highest BCUT2D eigenvalue weighted by molar-refractivity contribution is 9.10. The van der Waals surface area contributed by atoms with Gasteiger partial charge in [0.15, 0.2) is 0 Å². The quantitative estimate of drug-likeness (QED) is 0.918. The van der Waals surface area contributed by atoms with Crippen LogP contribution in [0.25, 0.3) is 5.70 Å². The lowest BCUT2D eigenvalue weighted by molar-refractivity contribution is 1.08. The molecule has 0 spiro atoms. The van der Waals surface area contributed by atoms with Crippen LogP contribution in [-0.4, -0.2) is 14.1 Å². The van der Waals surface area contributed by atoms with Crippen LogP contribution in [0.15, 0.2) is 28.2 Å². The van der Waals surface area contributed by atoms with Crippen molar-refractivity contribution in [1.82, 2.24) is 0 Å². The summed E-state index contributed by atoms with van der Waals surface area (Å²) in [6, 6.07) is 6.18. The third kappa shape index (κ3) is 2.79. The van der Waals surface area contributed by atoms with E-state index >= 15 is 0 Å². The Morgan fingerprint density at radius 2 is 2.00 bits per heavy atom. The summed E-state index contributed by atoms with van der Waals surface area (Å²) in [6.45, 7) is 4.20. The normalized spacial score (nSPS) is 12.3. The van der Waals surface area contributed by atoms with E-state index in [2.05, 4.69) is 46.8 Å². The highest BCUT2D eigenvalue weighted by atomic mass is 79.9. The fraction of sp³-hybridized carbons (Fsp3) is 0.385. The van der Waals surface area contributed by atoms with Gasteiger partial charge >= 0.3 is 0 Å². The summed E-state index contributed by atoms with van der Waals surface area (Å²) in [5.41, 5.74) is 10.5. The van der Waals surface area contributed by atoms with Crippen molar-refractivity contribution in [3.05, 3.63) is 33.8 Å². The van der Waals surface area contributed by atoms with Crippen molar-refractivity contribution in [3.8, 4) is 0 Å². The van der Waals surface area contributed by atoms with Crippen molar-refractivity contribution in [2.45, 2.75) is 20.3 Å². The molecule has 0 aliphatic heterocycles. The van der Waals surface area contributed by atoms with E-state index in [4.69, 9.17) is 5.73 Å². The maximum absolute atomic E-state index is 6.18. The zero-order chi connectivity index (χ0) is 12.3. The predicted molar refractivity (Wildman–Crippen MR) is 75.5 cm³/mol. The second-order valence-electron chi connectivity index (χ2n) is 4.10. The van der Waals surface area contributed by atoms with Crippen LogP contribution in [-0.2, 0) is 0 Å². The monoisotopic (exact) mass is 282 g/mol. The van der Waals surface area contributed by atoms with Gasteiger partial charge in [-0.15, -0.1) is 0 Å². The summed E-state index contributed by atoms with van der Waals surface area (Å²) in [5, 5.41) is 0. The largest absolute Gasteiger partial charge is 0.398 e. The summed E-state index contributed by atoms with van der Waals surface area (Å²) in [5.74, 6) is 0. The molecule has 2 N–H and O–H groups in total. The lowest BCUT2D eigenvalue weighted by Crippen LogP contribution is -2.13. The van der Waals surface area contributed by atoms with Gasteiger partial charge in [-0.2, -0.15) is 0 Å². The van der Waals surface area contributed by atoms with Crippen LogP contribution in [0.2, 0.25) is 0 Å². The van der Waals surface area contributed by atoms with E-state index in [0.717, 1.165) is 27.8 Å². The number of halogens is 1. The molecule has 0 aliphatic rings. The summed E-state index contributed by atoms with van der Waals surface area (Å²) in [4.78, 5) is 2.08. The molecule has 0 radical (unpaired) electrons. The Balaban J connectivity index is 3.34. The smallest absolute Gasteiger partial charge is 0.0466 e. The molecule has 3 heteroatoms. The van der Waals surface area contributed by atoms with Crippen molar-refractivity contribution in [3.63, 3.8) is 0 Å². The van der Waals surface area contributed by atoms with Gasteiger partial charge in [-0.3, -0.25) is 0 Å². The summed E-state index contributed by atoms with van der Waals surface area (Å²) in [7, 11) is 4.06. The van der Waals surface area contributed by atoms with Gasteiger partial charge in [0.05, 0.1) is 0 Å². The number of benzene rings is 1. The van der Waals surface area contributed by atoms with Crippen molar-refractivity contribution >= 4 is 27.3 Å². The molecule has 1 aromatic rings. The first-order valence-electron chi connectivity index (χ1n) is 5.39. The molecule has 1 aromatic carbocycles. The van der Waals surface area contributed by atoms with Crippen LogP contribution in [0.5, 0.6) is 0 Å². The minimum absolute atomic E-state index is 0.888. The second-order valence-corrected chi connectivity index (χ2v) is 5.02. The molecule has 0 fully saturated rings. The van der Waals surface area contributed by atoms with Gasteiger partial charge in [0.25, 0.3) is 0 Å². The first kappa shape index (κ1) is 13.1. The summed E-state index contributed by atoms with van der Waals surface area (Å²) >= 11 is 3.48. The Hall–Kier alpha value is -0.960. The Morgan fingerprint density at radius 3 is 2.50 bits per heavy atom. The van der Waals surface area contributed by atoms with Crippen molar-refractivity contribution in [2.24, 2.45) is 5.73 Å². The highest BCUT2D eigenvalue weighted by Crippen LogP contribution is 2.29. The Labute approximate surface area is 106 Å². The number of rotatable bonds is 3. The van der Waals surface area contributed by atoms with Gasteiger partial charge in [-0.05, 0) is 37.1 Å². The average molecular weight is 283 g/mol. The van der Waals surface area contributed by atoms with E-state index in [9.17, 15) is 0 Å². The van der Waals surface area contributed by atoms with Crippen molar-refractivity contribution in [2.75, 3.05) is 19.0 Å². The number of nitrogens with two attached hydrogens (primary N) is 1. The molecular weight excluding hydrogens is 264 g/mol. The number of nitrogens with zero attached hydrogens (tertiary/aromatic N) is 1. The molecule has 2 nitrogen and oxygen atoms in total. The Bertz CT molecular complexity index is 408. The van der Waals surface area contributed by atoms with Gasteiger partial charge in [0, 0.05) is 35.5 Å². The second kappa shape index (κ2) is 5.39. The van der Waals surface area contributed by atoms with Gasteiger partial charge in [-0.25, -0.2) is 0 Å². The molecular formula is C13H19BrN2. The third-order valence-electron chi connectivity index (χ3n) is 2.72. The SMILES string of the molecule is CC/C(C)=C(\N)c1ccc(Br)cc1N(C)C. The Morgan fingerprint density at radius 1 is 1.38 bits per heavy atom. The molecule has 0 atom stereocenters. The molecule has 0 unspecified atom stereocenters. The molecule has 0 aromatic heterocycles. The van der Waals surface area contributed by atoms with Crippen LogP contribution in [0, 0.1) is 0 Å². The predicted octanol–water partition coefficient (Wildman–Crippen LogP) is 3.61. The van der Waals surface area contributed by atoms with Gasteiger partial charge in [0.2, 0.25) is 0 Å². The number of anilines is 1. The molecule has 16 heavy (non-hydrogen) atoms. The lowest BCUT2D eigenvalue weighted by atomic mass is 10.0. The lowest BCUT2D eigenvalue weighted by Gasteiger charge is -2.19. The van der Waals surface area contributed by atoms with E-state index in [1.165, 1.54) is 5.57 Å². The minimum Gasteiger partial charge on any atom is -0.398 e. The number of allylic oxidation sites excluding steroid dienone is 1. The third-order valence-corrected chi connectivity index (χ3v) is 3.22. The van der Waals surface area contributed by atoms with Crippen LogP contribution in [0.4, 0.5) is 5.69 Å². The van der Waals surface area contributed by atoms with Crippen LogP contribution in [0.3, 0.4) is 0 Å².